The summed E-state index contributed by atoms with van der Waals surface area (Å²) in [4.78, 5) is 36.7. The Balaban J connectivity index is 1.72. The number of nitrogens with zero attached hydrogens (tertiary/aromatic N) is 5. The zero-order valence-corrected chi connectivity index (χ0v) is 18.2. The van der Waals surface area contributed by atoms with E-state index in [4.69, 9.17) is 19.4 Å². The largest absolute Gasteiger partial charge is 0.402 e. The minimum absolute atomic E-state index is 0.288. The Morgan fingerprint density at radius 1 is 0.875 bits per heavy atom. The number of rotatable bonds is 7. The maximum absolute atomic E-state index is 13.3. The van der Waals surface area contributed by atoms with Gasteiger partial charge in [-0.1, -0.05) is 41.2 Å². The Bertz CT molecular complexity index is 1050. The molecule has 0 spiro atoms. The van der Waals surface area contributed by atoms with Gasteiger partial charge in [-0.05, 0) is 30.2 Å². The van der Waals surface area contributed by atoms with Crippen LogP contribution in [0.1, 0.15) is 15.9 Å². The summed E-state index contributed by atoms with van der Waals surface area (Å²) >= 11 is 0. The summed E-state index contributed by atoms with van der Waals surface area (Å²) < 4.78 is 0. The van der Waals surface area contributed by atoms with Crippen LogP contribution in [0, 0.1) is 6.92 Å². The molecule has 10 nitrogen and oxygen atoms in total. The van der Waals surface area contributed by atoms with Crippen LogP contribution >= 0.6 is 0 Å². The molecule has 0 N–H and O–H groups in total. The van der Waals surface area contributed by atoms with Crippen LogP contribution in [0.2, 0.25) is 0 Å². The maximum atomic E-state index is 13.3. The SMILES string of the molecule is CON1CN(OC)CN(Oc2cccc(-c3ccccc3C)c2C(=O)On2cccn2)C1. The Labute approximate surface area is 185 Å². The summed E-state index contributed by atoms with van der Waals surface area (Å²) in [5.74, 6) is -0.247. The van der Waals surface area contributed by atoms with Gasteiger partial charge in [0.2, 0.25) is 0 Å². The summed E-state index contributed by atoms with van der Waals surface area (Å²) in [6.45, 7) is 3.13. The lowest BCUT2D eigenvalue weighted by Gasteiger charge is -2.38. The van der Waals surface area contributed by atoms with Gasteiger partial charge >= 0.3 is 5.97 Å². The summed E-state index contributed by atoms with van der Waals surface area (Å²) in [6, 6.07) is 14.9. The van der Waals surface area contributed by atoms with Crippen molar-refractivity contribution in [2.24, 2.45) is 0 Å². The Morgan fingerprint density at radius 2 is 1.56 bits per heavy atom. The third kappa shape index (κ3) is 4.79. The summed E-state index contributed by atoms with van der Waals surface area (Å²) in [5, 5.41) is 8.89. The fraction of sp³-hybridized carbons (Fsp3) is 0.273. The van der Waals surface area contributed by atoms with Crippen molar-refractivity contribution in [2.75, 3.05) is 34.2 Å². The lowest BCUT2D eigenvalue weighted by atomic mass is 9.95. The number of hydroxylamine groups is 6. The predicted octanol–water partition coefficient (Wildman–Crippen LogP) is 2.34. The Hall–Kier alpha value is -3.28. The van der Waals surface area contributed by atoms with Crippen LogP contribution in [-0.2, 0) is 9.68 Å². The number of hydrogen-bond acceptors (Lipinski definition) is 9. The van der Waals surface area contributed by atoms with Crippen LogP contribution in [0.25, 0.3) is 11.1 Å². The molecule has 0 aliphatic carbocycles. The minimum Gasteiger partial charge on any atom is -0.402 e. The van der Waals surface area contributed by atoms with Crippen molar-refractivity contribution in [1.82, 2.24) is 25.1 Å². The van der Waals surface area contributed by atoms with E-state index in [-0.39, 0.29) is 5.56 Å². The summed E-state index contributed by atoms with van der Waals surface area (Å²) in [5.41, 5.74) is 2.91. The van der Waals surface area contributed by atoms with Crippen LogP contribution in [0.5, 0.6) is 5.75 Å². The molecule has 4 rings (SSSR count). The van der Waals surface area contributed by atoms with Crippen molar-refractivity contribution in [2.45, 2.75) is 6.92 Å². The van der Waals surface area contributed by atoms with Gasteiger partial charge in [-0.15, -0.1) is 10.2 Å². The molecule has 32 heavy (non-hydrogen) atoms. The van der Waals surface area contributed by atoms with E-state index < -0.39 is 5.97 Å². The van der Waals surface area contributed by atoms with Crippen LogP contribution in [0.3, 0.4) is 0 Å². The van der Waals surface area contributed by atoms with Crippen molar-refractivity contribution in [3.8, 4) is 16.9 Å². The molecule has 0 unspecified atom stereocenters. The maximum Gasteiger partial charge on any atom is 0.370 e. The highest BCUT2D eigenvalue weighted by Crippen LogP contribution is 2.33. The Morgan fingerprint density at radius 3 is 2.22 bits per heavy atom. The molecule has 2 aromatic carbocycles. The number of benzene rings is 2. The topological polar surface area (TPSA) is 81.5 Å². The summed E-state index contributed by atoms with van der Waals surface area (Å²) in [7, 11) is 3.14. The zero-order chi connectivity index (χ0) is 22.5. The van der Waals surface area contributed by atoms with Crippen molar-refractivity contribution >= 4 is 5.97 Å². The standard InChI is InChI=1S/C22H25N5O5/c1-17-8-4-5-9-18(17)19-10-6-11-20(21(19)22(28)32-27-13-7-12-23-27)31-26-15-24(29-2)14-25(16-26)30-3/h4-13H,14-16H2,1-3H3. The lowest BCUT2D eigenvalue weighted by Crippen LogP contribution is -2.55. The number of carbonyl (C=O) groups is 1. The first kappa shape index (κ1) is 21.9. The second kappa shape index (κ2) is 9.90. The van der Waals surface area contributed by atoms with E-state index in [2.05, 4.69) is 5.10 Å². The molecule has 3 aromatic rings. The molecule has 168 valence electrons. The van der Waals surface area contributed by atoms with Crippen molar-refractivity contribution in [3.05, 3.63) is 72.1 Å². The number of hydrogen-bond donors (Lipinski definition) is 0. The second-order valence-electron chi connectivity index (χ2n) is 7.11. The summed E-state index contributed by atoms with van der Waals surface area (Å²) in [6.07, 6.45) is 3.08. The van der Waals surface area contributed by atoms with E-state index in [1.165, 1.54) is 6.20 Å². The van der Waals surface area contributed by atoms with Crippen molar-refractivity contribution in [3.63, 3.8) is 0 Å². The van der Waals surface area contributed by atoms with E-state index >= 15 is 0 Å². The first-order valence-corrected chi connectivity index (χ1v) is 10.0. The van der Waals surface area contributed by atoms with Gasteiger partial charge in [0.15, 0.2) is 5.75 Å². The molecule has 0 saturated carbocycles. The fourth-order valence-electron chi connectivity index (χ4n) is 3.45. The second-order valence-corrected chi connectivity index (χ2v) is 7.11. The molecule has 0 radical (unpaired) electrons. The van der Waals surface area contributed by atoms with E-state index in [0.717, 1.165) is 16.0 Å². The first-order valence-electron chi connectivity index (χ1n) is 10.0. The van der Waals surface area contributed by atoms with Gasteiger partial charge in [-0.3, -0.25) is 9.68 Å². The van der Waals surface area contributed by atoms with Crippen LogP contribution < -0.4 is 9.68 Å². The molecular weight excluding hydrogens is 414 g/mol. The number of aromatic nitrogens is 2. The van der Waals surface area contributed by atoms with Gasteiger partial charge in [-0.2, -0.15) is 10.1 Å². The van der Waals surface area contributed by atoms with E-state index in [9.17, 15) is 4.79 Å². The Kier molecular flexibility index (Phi) is 6.78. The molecule has 2 heterocycles. The van der Waals surface area contributed by atoms with Crippen molar-refractivity contribution in [1.29, 1.82) is 0 Å². The highest BCUT2D eigenvalue weighted by Gasteiger charge is 2.28. The molecule has 10 heteroatoms. The van der Waals surface area contributed by atoms with Gasteiger partial charge in [-0.25, -0.2) is 4.79 Å². The highest BCUT2D eigenvalue weighted by molar-refractivity contribution is 6.00. The van der Waals surface area contributed by atoms with Crippen LogP contribution in [0.4, 0.5) is 0 Å². The third-order valence-electron chi connectivity index (χ3n) is 5.01. The van der Waals surface area contributed by atoms with Gasteiger partial charge in [0.25, 0.3) is 0 Å². The van der Waals surface area contributed by atoms with E-state index in [0.29, 0.717) is 31.3 Å². The minimum atomic E-state index is -0.591. The monoisotopic (exact) mass is 439 g/mol. The molecule has 1 aromatic heterocycles. The molecule has 1 saturated heterocycles. The molecule has 1 fully saturated rings. The molecule has 0 bridgehead atoms. The van der Waals surface area contributed by atoms with Gasteiger partial charge < -0.3 is 9.68 Å². The first-order chi connectivity index (χ1) is 15.6. The van der Waals surface area contributed by atoms with Crippen LogP contribution in [-0.4, -0.2) is 65.3 Å². The van der Waals surface area contributed by atoms with Gasteiger partial charge in [0.1, 0.15) is 25.6 Å². The average molecular weight is 439 g/mol. The quantitative estimate of drug-likeness (QED) is 0.551. The van der Waals surface area contributed by atoms with Gasteiger partial charge in [0.05, 0.1) is 26.6 Å². The zero-order valence-electron chi connectivity index (χ0n) is 18.2. The van der Waals surface area contributed by atoms with Gasteiger partial charge in [0, 0.05) is 5.56 Å². The lowest BCUT2D eigenvalue weighted by molar-refractivity contribution is -0.333. The molecule has 0 atom stereocenters. The molecular formula is C22H25N5O5. The molecule has 1 aliphatic heterocycles. The highest BCUT2D eigenvalue weighted by atomic mass is 16.8. The average Bonchev–Trinajstić information content (AvgIpc) is 3.32. The predicted molar refractivity (Wildman–Crippen MR) is 115 cm³/mol. The fourth-order valence-corrected chi connectivity index (χ4v) is 3.45. The molecule has 0 amide bonds. The number of aryl methyl sites for hydroxylation is 1. The smallest absolute Gasteiger partial charge is 0.370 e. The van der Waals surface area contributed by atoms with E-state index in [1.54, 1.807) is 47.7 Å². The molecule has 1 aliphatic rings. The number of carbonyl (C=O) groups excluding carboxylic acids is 1. The van der Waals surface area contributed by atoms with Crippen LogP contribution in [0.15, 0.2) is 60.9 Å². The van der Waals surface area contributed by atoms with Crippen molar-refractivity contribution < 1.29 is 24.1 Å². The van der Waals surface area contributed by atoms with E-state index in [1.807, 2.05) is 43.3 Å². The third-order valence-corrected chi connectivity index (χ3v) is 5.01. The normalized spacial score (nSPS) is 15.6.